The van der Waals surface area contributed by atoms with Gasteiger partial charge in [-0.05, 0) is 48.5 Å². The molecule has 11 heteroatoms. The van der Waals surface area contributed by atoms with Gasteiger partial charge in [0.15, 0.2) is 17.3 Å². The van der Waals surface area contributed by atoms with E-state index >= 15 is 0 Å². The maximum atomic E-state index is 14.9. The van der Waals surface area contributed by atoms with E-state index in [0.717, 1.165) is 30.6 Å². The Labute approximate surface area is 203 Å². The summed E-state index contributed by atoms with van der Waals surface area (Å²) in [6.45, 7) is 1.69. The standard InChI is InChI=1S/C24H28FN5O4S/c1-28(2)35(3,32)27-24(31)18-15-26-30-9-7-17(14-21(18)30)29-8-4-6-20(29)16-12-19(25)23-22(13-16)33-10-5-11-34-23/h7,9,12-15,20H,3-6,8,10-11H2,1-2H3,(H,27,31,32)/t20-,35?/m1/s1. The summed E-state index contributed by atoms with van der Waals surface area (Å²) in [4.78, 5) is 15.1. The highest BCUT2D eigenvalue weighted by molar-refractivity contribution is 7.96. The largest absolute Gasteiger partial charge is 0.489 e. The van der Waals surface area contributed by atoms with Gasteiger partial charge in [-0.2, -0.15) is 5.10 Å². The zero-order valence-corrected chi connectivity index (χ0v) is 20.5. The quantitative estimate of drug-likeness (QED) is 0.541. The van der Waals surface area contributed by atoms with E-state index in [0.29, 0.717) is 36.5 Å². The van der Waals surface area contributed by atoms with Crippen molar-refractivity contribution in [3.05, 3.63) is 53.6 Å². The van der Waals surface area contributed by atoms with Gasteiger partial charge in [0.25, 0.3) is 5.91 Å². The van der Waals surface area contributed by atoms with Gasteiger partial charge in [0.05, 0.1) is 36.5 Å². The fourth-order valence-electron chi connectivity index (χ4n) is 4.48. The number of amides is 1. The third-order valence-electron chi connectivity index (χ3n) is 6.39. The molecule has 0 radical (unpaired) electrons. The van der Waals surface area contributed by atoms with Crippen LogP contribution in [0.5, 0.6) is 11.5 Å². The van der Waals surface area contributed by atoms with Crippen LogP contribution in [0.1, 0.15) is 41.2 Å². The lowest BCUT2D eigenvalue weighted by molar-refractivity contribution is 0.0983. The Balaban J connectivity index is 1.47. The highest BCUT2D eigenvalue weighted by Crippen LogP contribution is 2.41. The van der Waals surface area contributed by atoms with Gasteiger partial charge in [0, 0.05) is 38.9 Å². The molecule has 1 fully saturated rings. The van der Waals surface area contributed by atoms with Crippen LogP contribution in [0.4, 0.5) is 10.1 Å². The van der Waals surface area contributed by atoms with Crippen LogP contribution in [0.3, 0.4) is 0 Å². The number of pyridine rings is 1. The maximum Gasteiger partial charge on any atom is 0.267 e. The van der Waals surface area contributed by atoms with Crippen LogP contribution in [-0.2, 0) is 9.89 Å². The van der Waals surface area contributed by atoms with Gasteiger partial charge in [-0.25, -0.2) is 17.4 Å². The third kappa shape index (κ3) is 4.41. The van der Waals surface area contributed by atoms with E-state index in [4.69, 9.17) is 9.47 Å². The topological polar surface area (TPSA) is 88.4 Å². The third-order valence-corrected chi connectivity index (χ3v) is 8.07. The zero-order chi connectivity index (χ0) is 24.7. The maximum absolute atomic E-state index is 14.9. The molecule has 3 aromatic rings. The molecule has 186 valence electrons. The molecule has 0 saturated carbocycles. The summed E-state index contributed by atoms with van der Waals surface area (Å²) in [6.07, 6.45) is 5.71. The summed E-state index contributed by atoms with van der Waals surface area (Å²) >= 11 is 0. The number of carbonyl (C=O) groups excluding carboxylic acids is 1. The van der Waals surface area contributed by atoms with Crippen molar-refractivity contribution < 1.29 is 22.9 Å². The molecule has 2 atom stereocenters. The first-order valence-electron chi connectivity index (χ1n) is 11.4. The Morgan fingerprint density at radius 2 is 2.06 bits per heavy atom. The molecule has 1 unspecified atom stereocenters. The molecule has 1 amide bonds. The zero-order valence-electron chi connectivity index (χ0n) is 19.7. The van der Waals surface area contributed by atoms with Crippen molar-refractivity contribution in [2.45, 2.75) is 25.3 Å². The molecule has 35 heavy (non-hydrogen) atoms. The molecule has 1 aromatic carbocycles. The summed E-state index contributed by atoms with van der Waals surface area (Å²) in [5.41, 5.74) is 2.57. The Kier molecular flexibility index (Phi) is 6.06. The Morgan fingerprint density at radius 1 is 1.26 bits per heavy atom. The van der Waals surface area contributed by atoms with Gasteiger partial charge in [0.2, 0.25) is 0 Å². The second kappa shape index (κ2) is 9.04. The minimum Gasteiger partial charge on any atom is -0.489 e. The van der Waals surface area contributed by atoms with Gasteiger partial charge in [0.1, 0.15) is 9.89 Å². The smallest absolute Gasteiger partial charge is 0.267 e. The number of nitrogens with one attached hydrogen (secondary N) is 1. The average Bonchev–Trinajstić information content (AvgIpc) is 3.40. The minimum atomic E-state index is -2.95. The Bertz CT molecular complexity index is 1390. The van der Waals surface area contributed by atoms with Gasteiger partial charge < -0.3 is 14.4 Å². The first-order valence-corrected chi connectivity index (χ1v) is 13.1. The second-order valence-corrected chi connectivity index (χ2v) is 11.1. The van der Waals surface area contributed by atoms with Crippen LogP contribution >= 0.6 is 0 Å². The number of nitrogens with zero attached hydrogens (tertiary/aromatic N) is 4. The van der Waals surface area contributed by atoms with Crippen molar-refractivity contribution >= 4 is 32.9 Å². The second-order valence-electron chi connectivity index (χ2n) is 8.89. The Hall–Kier alpha value is -3.31. The van der Waals surface area contributed by atoms with E-state index < -0.39 is 21.6 Å². The van der Waals surface area contributed by atoms with E-state index in [1.165, 1.54) is 16.6 Å². The Morgan fingerprint density at radius 3 is 2.86 bits per heavy atom. The van der Waals surface area contributed by atoms with Crippen molar-refractivity contribution in [2.24, 2.45) is 0 Å². The molecular formula is C24H28FN5O4S. The number of rotatable bonds is 5. The molecule has 2 aliphatic heterocycles. The summed E-state index contributed by atoms with van der Waals surface area (Å²) in [6, 6.07) is 7.13. The van der Waals surface area contributed by atoms with Crippen molar-refractivity contribution in [2.75, 3.05) is 38.8 Å². The molecular weight excluding hydrogens is 473 g/mol. The highest BCUT2D eigenvalue weighted by atomic mass is 32.2. The van der Waals surface area contributed by atoms with Crippen LogP contribution in [0.25, 0.3) is 5.52 Å². The molecule has 0 aliphatic carbocycles. The molecule has 2 aromatic heterocycles. The van der Waals surface area contributed by atoms with Crippen LogP contribution in [0.2, 0.25) is 0 Å². The first kappa shape index (κ1) is 23.4. The highest BCUT2D eigenvalue weighted by Gasteiger charge is 2.30. The molecule has 9 nitrogen and oxygen atoms in total. The van der Waals surface area contributed by atoms with E-state index in [1.807, 2.05) is 18.2 Å². The number of hydrogen-bond acceptors (Lipinski definition) is 6. The fraction of sp³-hybridized carbons (Fsp3) is 0.375. The monoisotopic (exact) mass is 501 g/mol. The molecule has 5 rings (SSSR count). The number of carbonyl (C=O) groups is 1. The predicted molar refractivity (Wildman–Crippen MR) is 133 cm³/mol. The molecule has 2 aliphatic rings. The van der Waals surface area contributed by atoms with E-state index in [2.05, 4.69) is 20.6 Å². The summed E-state index contributed by atoms with van der Waals surface area (Å²) < 4.78 is 44.2. The molecule has 1 N–H and O–H groups in total. The number of hydrogen-bond donors (Lipinski definition) is 1. The van der Waals surface area contributed by atoms with Crippen molar-refractivity contribution in [3.63, 3.8) is 0 Å². The number of halogens is 1. The molecule has 1 saturated heterocycles. The lowest BCUT2D eigenvalue weighted by atomic mass is 10.0. The van der Waals surface area contributed by atoms with Crippen LogP contribution in [0, 0.1) is 5.82 Å². The number of fused-ring (bicyclic) bond motifs is 2. The van der Waals surface area contributed by atoms with E-state index in [9.17, 15) is 13.4 Å². The average molecular weight is 502 g/mol. The number of aromatic nitrogens is 2. The van der Waals surface area contributed by atoms with Crippen LogP contribution in [0.15, 0.2) is 36.7 Å². The summed E-state index contributed by atoms with van der Waals surface area (Å²) in [7, 11) is 0.218. The van der Waals surface area contributed by atoms with E-state index in [1.54, 1.807) is 24.8 Å². The first-order chi connectivity index (χ1) is 16.7. The van der Waals surface area contributed by atoms with Crippen molar-refractivity contribution in [1.82, 2.24) is 18.6 Å². The molecule has 0 spiro atoms. The lowest BCUT2D eigenvalue weighted by Gasteiger charge is -2.28. The molecule has 0 bridgehead atoms. The number of benzene rings is 1. The van der Waals surface area contributed by atoms with Crippen molar-refractivity contribution in [3.8, 4) is 11.5 Å². The van der Waals surface area contributed by atoms with E-state index in [-0.39, 0.29) is 11.8 Å². The van der Waals surface area contributed by atoms with Gasteiger partial charge in [-0.1, -0.05) is 0 Å². The summed E-state index contributed by atoms with van der Waals surface area (Å²) in [5.74, 6) is 3.27. The fourth-order valence-corrected chi connectivity index (χ4v) is 5.06. The van der Waals surface area contributed by atoms with Crippen LogP contribution < -0.4 is 19.1 Å². The van der Waals surface area contributed by atoms with Gasteiger partial charge in [-0.15, -0.1) is 0 Å². The number of anilines is 1. The SMILES string of the molecule is C=S(=O)(NC(=O)c1cnn2ccc(N3CCC[C@@H]3c3cc(F)c4c(c3)OCCCO4)cc12)N(C)C. The summed E-state index contributed by atoms with van der Waals surface area (Å²) in [5, 5.41) is 4.26. The van der Waals surface area contributed by atoms with Gasteiger partial charge in [-0.3, -0.25) is 9.52 Å². The lowest BCUT2D eigenvalue weighted by Crippen LogP contribution is -2.39. The normalized spacial score (nSPS) is 19.5. The number of ether oxygens (including phenoxy) is 2. The minimum absolute atomic E-state index is 0.0587. The predicted octanol–water partition coefficient (Wildman–Crippen LogP) is 2.81. The molecule has 4 heterocycles. The van der Waals surface area contributed by atoms with Crippen molar-refractivity contribution in [1.29, 1.82) is 0 Å². The van der Waals surface area contributed by atoms with Gasteiger partial charge >= 0.3 is 0 Å². The van der Waals surface area contributed by atoms with Crippen LogP contribution in [-0.4, -0.2) is 63.8 Å².